The molecule has 3 nitrogen and oxygen atoms in total. The van der Waals surface area contributed by atoms with Crippen molar-refractivity contribution in [1.29, 1.82) is 0 Å². The first-order valence-electron chi connectivity index (χ1n) is 6.10. The summed E-state index contributed by atoms with van der Waals surface area (Å²) >= 11 is 3.33. The molecule has 0 saturated carbocycles. The predicted molar refractivity (Wildman–Crippen MR) is 85.0 cm³/mol. The molecule has 3 heterocycles. The largest absolute Gasteiger partial charge is 0.380 e. The van der Waals surface area contributed by atoms with Crippen molar-refractivity contribution in [2.24, 2.45) is 0 Å². The van der Waals surface area contributed by atoms with E-state index >= 15 is 0 Å². The SMILES string of the molecule is Nc1noc(-c2csc3ccccc23)c1-c1cccs1. The maximum atomic E-state index is 5.99. The Morgan fingerprint density at radius 3 is 2.80 bits per heavy atom. The first-order chi connectivity index (χ1) is 9.84. The number of nitrogens with zero attached hydrogens (tertiary/aromatic N) is 1. The monoisotopic (exact) mass is 298 g/mol. The second-order valence-electron chi connectivity index (χ2n) is 4.39. The molecule has 2 N–H and O–H groups in total. The van der Waals surface area contributed by atoms with Crippen LogP contribution in [0.4, 0.5) is 5.82 Å². The van der Waals surface area contributed by atoms with Gasteiger partial charge in [0.1, 0.15) is 0 Å². The summed E-state index contributed by atoms with van der Waals surface area (Å²) in [5, 5.41) is 9.25. The smallest absolute Gasteiger partial charge is 0.179 e. The Hall–Kier alpha value is -2.11. The van der Waals surface area contributed by atoms with E-state index in [0.29, 0.717) is 5.82 Å². The van der Waals surface area contributed by atoms with Gasteiger partial charge in [-0.3, -0.25) is 0 Å². The molecule has 3 aromatic heterocycles. The number of nitrogens with two attached hydrogens (primary N) is 1. The summed E-state index contributed by atoms with van der Waals surface area (Å²) in [7, 11) is 0. The molecule has 0 fully saturated rings. The van der Waals surface area contributed by atoms with Crippen molar-refractivity contribution in [3.8, 4) is 21.8 Å². The van der Waals surface area contributed by atoms with Crippen LogP contribution in [-0.4, -0.2) is 5.16 Å². The van der Waals surface area contributed by atoms with E-state index in [9.17, 15) is 0 Å². The van der Waals surface area contributed by atoms with Gasteiger partial charge in [-0.1, -0.05) is 29.4 Å². The lowest BCUT2D eigenvalue weighted by atomic mass is 10.1. The van der Waals surface area contributed by atoms with Crippen molar-refractivity contribution in [2.75, 3.05) is 5.73 Å². The molecule has 4 aromatic rings. The second kappa shape index (κ2) is 4.47. The summed E-state index contributed by atoms with van der Waals surface area (Å²) in [6.07, 6.45) is 0. The lowest BCUT2D eigenvalue weighted by molar-refractivity contribution is 0.436. The molecule has 0 radical (unpaired) electrons. The zero-order chi connectivity index (χ0) is 13.5. The Morgan fingerprint density at radius 1 is 1.05 bits per heavy atom. The van der Waals surface area contributed by atoms with Crippen molar-refractivity contribution in [3.05, 3.63) is 47.2 Å². The van der Waals surface area contributed by atoms with E-state index in [1.165, 1.54) is 10.1 Å². The predicted octanol–water partition coefficient (Wildman–Crippen LogP) is 4.87. The van der Waals surface area contributed by atoms with Crippen molar-refractivity contribution in [3.63, 3.8) is 0 Å². The third-order valence-corrected chi connectivity index (χ3v) is 5.06. The second-order valence-corrected chi connectivity index (χ2v) is 6.25. The molecule has 0 bridgehead atoms. The van der Waals surface area contributed by atoms with Gasteiger partial charge in [-0.15, -0.1) is 22.7 Å². The van der Waals surface area contributed by atoms with Crippen LogP contribution in [-0.2, 0) is 0 Å². The minimum absolute atomic E-state index is 0.442. The number of fused-ring (bicyclic) bond motifs is 1. The van der Waals surface area contributed by atoms with Crippen LogP contribution in [0, 0.1) is 0 Å². The van der Waals surface area contributed by atoms with E-state index in [0.717, 1.165) is 21.8 Å². The average Bonchev–Trinajstić information content (AvgIpc) is 3.16. The summed E-state index contributed by atoms with van der Waals surface area (Å²) < 4.78 is 6.74. The number of anilines is 1. The van der Waals surface area contributed by atoms with Gasteiger partial charge in [-0.05, 0) is 17.5 Å². The molecule has 0 amide bonds. The van der Waals surface area contributed by atoms with Crippen molar-refractivity contribution >= 4 is 38.6 Å². The lowest BCUT2D eigenvalue weighted by Gasteiger charge is -1.98. The molecule has 98 valence electrons. The van der Waals surface area contributed by atoms with Gasteiger partial charge in [0.2, 0.25) is 0 Å². The normalized spacial score (nSPS) is 11.2. The van der Waals surface area contributed by atoms with Crippen LogP contribution in [0.3, 0.4) is 0 Å². The molecular weight excluding hydrogens is 288 g/mol. The lowest BCUT2D eigenvalue weighted by Crippen LogP contribution is -1.86. The van der Waals surface area contributed by atoms with E-state index in [1.54, 1.807) is 22.7 Å². The van der Waals surface area contributed by atoms with Gasteiger partial charge < -0.3 is 10.3 Å². The average molecular weight is 298 g/mol. The van der Waals surface area contributed by atoms with Crippen LogP contribution in [0.15, 0.2) is 51.7 Å². The number of nitrogen functional groups attached to an aromatic ring is 1. The van der Waals surface area contributed by atoms with E-state index in [2.05, 4.69) is 22.7 Å². The van der Waals surface area contributed by atoms with E-state index in [1.807, 2.05) is 29.6 Å². The fraction of sp³-hybridized carbons (Fsp3) is 0. The van der Waals surface area contributed by atoms with Crippen LogP contribution < -0.4 is 5.73 Å². The molecule has 0 saturated heterocycles. The van der Waals surface area contributed by atoms with Crippen LogP contribution >= 0.6 is 22.7 Å². The fourth-order valence-corrected chi connectivity index (χ4v) is 4.02. The number of rotatable bonds is 2. The Bertz CT molecular complexity index is 874. The Morgan fingerprint density at radius 2 is 1.95 bits per heavy atom. The quantitative estimate of drug-likeness (QED) is 0.574. The summed E-state index contributed by atoms with van der Waals surface area (Å²) in [6.45, 7) is 0. The maximum absolute atomic E-state index is 5.99. The number of thiophene rings is 2. The molecule has 0 aliphatic heterocycles. The third-order valence-electron chi connectivity index (χ3n) is 3.21. The number of benzene rings is 1. The Balaban J connectivity index is 2.00. The summed E-state index contributed by atoms with van der Waals surface area (Å²) in [4.78, 5) is 1.08. The van der Waals surface area contributed by atoms with Gasteiger partial charge in [0.25, 0.3) is 0 Å². The van der Waals surface area contributed by atoms with Gasteiger partial charge in [-0.25, -0.2) is 0 Å². The molecule has 5 heteroatoms. The van der Waals surface area contributed by atoms with Crippen molar-refractivity contribution in [2.45, 2.75) is 0 Å². The van der Waals surface area contributed by atoms with Gasteiger partial charge >= 0.3 is 0 Å². The van der Waals surface area contributed by atoms with Crippen molar-refractivity contribution < 1.29 is 4.52 Å². The highest BCUT2D eigenvalue weighted by molar-refractivity contribution is 7.17. The molecule has 20 heavy (non-hydrogen) atoms. The molecule has 0 aliphatic rings. The molecular formula is C15H10N2OS2. The fourth-order valence-electron chi connectivity index (χ4n) is 2.30. The number of aromatic nitrogens is 1. The van der Waals surface area contributed by atoms with Crippen LogP contribution in [0.5, 0.6) is 0 Å². The zero-order valence-corrected chi connectivity index (χ0v) is 12.0. The molecule has 4 rings (SSSR count). The standard InChI is InChI=1S/C15H10N2OS2/c16-15-13(12-6-3-7-19-12)14(18-17-15)10-8-20-11-5-2-1-4-9(10)11/h1-8H,(H2,16,17). The molecule has 0 aliphatic carbocycles. The topological polar surface area (TPSA) is 52.0 Å². The highest BCUT2D eigenvalue weighted by atomic mass is 32.1. The summed E-state index contributed by atoms with van der Waals surface area (Å²) in [6, 6.07) is 12.3. The Labute approximate surface area is 123 Å². The maximum Gasteiger partial charge on any atom is 0.179 e. The molecule has 1 aromatic carbocycles. The highest BCUT2D eigenvalue weighted by Gasteiger charge is 2.20. The van der Waals surface area contributed by atoms with E-state index in [-0.39, 0.29) is 0 Å². The van der Waals surface area contributed by atoms with Gasteiger partial charge in [0.05, 0.1) is 5.56 Å². The highest BCUT2D eigenvalue weighted by Crippen LogP contribution is 2.42. The van der Waals surface area contributed by atoms with Gasteiger partial charge in [0, 0.05) is 25.9 Å². The minimum atomic E-state index is 0.442. The van der Waals surface area contributed by atoms with E-state index in [4.69, 9.17) is 10.3 Å². The Kier molecular flexibility index (Phi) is 2.61. The van der Waals surface area contributed by atoms with Gasteiger partial charge in [0.15, 0.2) is 11.6 Å². The number of hydrogen-bond acceptors (Lipinski definition) is 5. The summed E-state index contributed by atoms with van der Waals surface area (Å²) in [5.74, 6) is 1.19. The van der Waals surface area contributed by atoms with Crippen LogP contribution in [0.2, 0.25) is 0 Å². The van der Waals surface area contributed by atoms with Crippen molar-refractivity contribution in [1.82, 2.24) is 5.16 Å². The van der Waals surface area contributed by atoms with Crippen LogP contribution in [0.25, 0.3) is 31.9 Å². The molecule has 0 atom stereocenters. The third kappa shape index (κ3) is 1.67. The molecule has 0 spiro atoms. The first-order valence-corrected chi connectivity index (χ1v) is 7.86. The zero-order valence-electron chi connectivity index (χ0n) is 10.4. The summed E-state index contributed by atoms with van der Waals surface area (Å²) in [5.41, 5.74) is 7.93. The van der Waals surface area contributed by atoms with Crippen LogP contribution in [0.1, 0.15) is 0 Å². The van der Waals surface area contributed by atoms with Gasteiger partial charge in [-0.2, -0.15) is 0 Å². The number of hydrogen-bond donors (Lipinski definition) is 1. The molecule has 0 unspecified atom stereocenters. The first kappa shape index (κ1) is 11.7. The van der Waals surface area contributed by atoms with E-state index < -0.39 is 0 Å². The minimum Gasteiger partial charge on any atom is -0.380 e.